The van der Waals surface area contributed by atoms with E-state index in [2.05, 4.69) is 15.6 Å². The Balaban J connectivity index is 1.63. The van der Waals surface area contributed by atoms with Gasteiger partial charge in [-0.15, -0.1) is 11.3 Å². The maximum Gasteiger partial charge on any atom is 0.340 e. The topological polar surface area (TPSA) is 97.4 Å². The van der Waals surface area contributed by atoms with Crippen LogP contribution in [0.5, 0.6) is 0 Å². The molecule has 0 atom stereocenters. The van der Waals surface area contributed by atoms with Crippen molar-refractivity contribution in [1.82, 2.24) is 4.98 Å². The van der Waals surface area contributed by atoms with Crippen LogP contribution in [0, 0.1) is 13.8 Å². The Morgan fingerprint density at radius 3 is 2.55 bits per heavy atom. The first kappa shape index (κ1) is 20.2. The number of thiazole rings is 1. The minimum atomic E-state index is -0.712. The predicted octanol–water partition coefficient (Wildman–Crippen LogP) is 3.81. The fraction of sp³-hybridized carbons (Fsp3) is 0.143. The normalized spacial score (nSPS) is 10.3. The van der Waals surface area contributed by atoms with E-state index in [-0.39, 0.29) is 11.5 Å². The van der Waals surface area contributed by atoms with E-state index in [1.165, 1.54) is 17.4 Å². The van der Waals surface area contributed by atoms with E-state index in [0.29, 0.717) is 16.4 Å². The Morgan fingerprint density at radius 2 is 1.83 bits per heavy atom. The van der Waals surface area contributed by atoms with Crippen LogP contribution in [0.2, 0.25) is 0 Å². The molecule has 0 aliphatic heterocycles. The summed E-state index contributed by atoms with van der Waals surface area (Å²) in [5, 5.41) is 7.52. The molecule has 0 aliphatic rings. The van der Waals surface area contributed by atoms with Crippen molar-refractivity contribution >= 4 is 39.9 Å². The molecule has 2 aromatic carbocycles. The van der Waals surface area contributed by atoms with Crippen LogP contribution in [0.1, 0.15) is 32.0 Å². The van der Waals surface area contributed by atoms with E-state index < -0.39 is 18.5 Å². The average molecular weight is 409 g/mol. The molecule has 8 heteroatoms. The highest BCUT2D eigenvalue weighted by Gasteiger charge is 2.17. The molecule has 29 heavy (non-hydrogen) atoms. The van der Waals surface area contributed by atoms with Gasteiger partial charge in [0.1, 0.15) is 0 Å². The summed E-state index contributed by atoms with van der Waals surface area (Å²) < 4.78 is 5.09. The largest absolute Gasteiger partial charge is 0.452 e. The van der Waals surface area contributed by atoms with Crippen molar-refractivity contribution in [2.24, 2.45) is 0 Å². The van der Waals surface area contributed by atoms with E-state index >= 15 is 0 Å². The lowest BCUT2D eigenvalue weighted by atomic mass is 10.1. The number of aryl methyl sites for hydroxylation is 2. The summed E-state index contributed by atoms with van der Waals surface area (Å²) in [7, 11) is 0. The SMILES string of the molecule is Cc1cccc(C(=O)Nc2ccccc2C(=O)OCC(=O)Nc2nc(C)cs2)c1. The molecule has 0 radical (unpaired) electrons. The van der Waals surface area contributed by atoms with Crippen LogP contribution in [0.3, 0.4) is 0 Å². The van der Waals surface area contributed by atoms with Crippen LogP contribution >= 0.6 is 11.3 Å². The monoisotopic (exact) mass is 409 g/mol. The molecule has 1 heterocycles. The molecule has 2 N–H and O–H groups in total. The number of benzene rings is 2. The Hall–Kier alpha value is -3.52. The summed E-state index contributed by atoms with van der Waals surface area (Å²) >= 11 is 1.29. The maximum atomic E-state index is 12.5. The molecular weight excluding hydrogens is 390 g/mol. The molecular formula is C21H19N3O4S. The molecule has 0 unspecified atom stereocenters. The summed E-state index contributed by atoms with van der Waals surface area (Å²) in [6, 6.07) is 13.6. The molecule has 3 rings (SSSR count). The summed E-state index contributed by atoms with van der Waals surface area (Å²) in [5.41, 5.74) is 2.69. The lowest BCUT2D eigenvalue weighted by Gasteiger charge is -2.11. The van der Waals surface area contributed by atoms with Gasteiger partial charge in [0, 0.05) is 10.9 Å². The van der Waals surface area contributed by atoms with Crippen LogP contribution in [0.25, 0.3) is 0 Å². The number of carbonyl (C=O) groups is 3. The standard InChI is InChI=1S/C21H19N3O4S/c1-13-6-5-7-15(10-13)19(26)23-17-9-4-3-8-16(17)20(27)28-11-18(25)24-21-22-14(2)12-29-21/h3-10,12H,11H2,1-2H3,(H,23,26)(H,22,24,25). The molecule has 3 aromatic rings. The Bertz CT molecular complexity index is 1060. The Labute approximate surface area is 171 Å². The van der Waals surface area contributed by atoms with Gasteiger partial charge >= 0.3 is 5.97 Å². The highest BCUT2D eigenvalue weighted by atomic mass is 32.1. The molecule has 0 aliphatic carbocycles. The third kappa shape index (κ3) is 5.49. The van der Waals surface area contributed by atoms with Crippen LogP contribution in [-0.4, -0.2) is 29.4 Å². The lowest BCUT2D eigenvalue weighted by molar-refractivity contribution is -0.119. The molecule has 0 saturated heterocycles. The van der Waals surface area contributed by atoms with E-state index in [1.54, 1.807) is 41.8 Å². The van der Waals surface area contributed by atoms with Crippen LogP contribution in [-0.2, 0) is 9.53 Å². The molecule has 1 aromatic heterocycles. The average Bonchev–Trinajstić information content (AvgIpc) is 3.11. The first-order valence-corrected chi connectivity index (χ1v) is 9.66. The molecule has 2 amide bonds. The van der Waals surface area contributed by atoms with E-state index in [1.807, 2.05) is 19.9 Å². The number of esters is 1. The van der Waals surface area contributed by atoms with E-state index in [9.17, 15) is 14.4 Å². The number of rotatable bonds is 6. The van der Waals surface area contributed by atoms with Gasteiger partial charge in [0.25, 0.3) is 11.8 Å². The summed E-state index contributed by atoms with van der Waals surface area (Å²) in [4.78, 5) is 41.0. The number of nitrogens with one attached hydrogen (secondary N) is 2. The molecule has 0 bridgehead atoms. The van der Waals surface area contributed by atoms with E-state index in [4.69, 9.17) is 4.74 Å². The van der Waals surface area contributed by atoms with Crippen LogP contribution in [0.15, 0.2) is 53.9 Å². The predicted molar refractivity (Wildman–Crippen MR) is 111 cm³/mol. The van der Waals surface area contributed by atoms with Gasteiger partial charge < -0.3 is 10.1 Å². The highest BCUT2D eigenvalue weighted by molar-refractivity contribution is 7.13. The van der Waals surface area contributed by atoms with Gasteiger partial charge in [-0.2, -0.15) is 0 Å². The number of para-hydroxylation sites is 1. The number of anilines is 2. The first-order valence-electron chi connectivity index (χ1n) is 8.78. The molecule has 148 valence electrons. The van der Waals surface area contributed by atoms with Gasteiger partial charge in [0.2, 0.25) is 0 Å². The van der Waals surface area contributed by atoms with Crippen molar-refractivity contribution < 1.29 is 19.1 Å². The third-order valence-electron chi connectivity index (χ3n) is 3.88. The van der Waals surface area contributed by atoms with Crippen molar-refractivity contribution in [2.75, 3.05) is 17.2 Å². The van der Waals surface area contributed by atoms with Gasteiger partial charge in [-0.05, 0) is 38.1 Å². The smallest absolute Gasteiger partial charge is 0.340 e. The highest BCUT2D eigenvalue weighted by Crippen LogP contribution is 2.18. The van der Waals surface area contributed by atoms with Crippen molar-refractivity contribution in [3.8, 4) is 0 Å². The fourth-order valence-corrected chi connectivity index (χ4v) is 3.23. The molecule has 0 saturated carbocycles. The summed E-state index contributed by atoms with van der Waals surface area (Å²) in [6.07, 6.45) is 0. The van der Waals surface area contributed by atoms with Crippen molar-refractivity contribution in [2.45, 2.75) is 13.8 Å². The number of aromatic nitrogens is 1. The number of hydrogen-bond acceptors (Lipinski definition) is 6. The Kier molecular flexibility index (Phi) is 6.36. The summed E-state index contributed by atoms with van der Waals surface area (Å²) in [5.74, 6) is -1.55. The quantitative estimate of drug-likeness (QED) is 0.604. The Morgan fingerprint density at radius 1 is 1.03 bits per heavy atom. The zero-order valence-corrected chi connectivity index (χ0v) is 16.7. The second kappa shape index (κ2) is 9.11. The first-order chi connectivity index (χ1) is 13.9. The van der Waals surface area contributed by atoms with Crippen molar-refractivity contribution in [1.29, 1.82) is 0 Å². The van der Waals surface area contributed by atoms with Gasteiger partial charge in [-0.25, -0.2) is 9.78 Å². The zero-order chi connectivity index (χ0) is 20.8. The van der Waals surface area contributed by atoms with Gasteiger partial charge in [-0.1, -0.05) is 29.8 Å². The minimum absolute atomic E-state index is 0.159. The number of carbonyl (C=O) groups excluding carboxylic acids is 3. The maximum absolute atomic E-state index is 12.5. The molecule has 7 nitrogen and oxygen atoms in total. The molecule has 0 spiro atoms. The van der Waals surface area contributed by atoms with Crippen molar-refractivity contribution in [3.63, 3.8) is 0 Å². The minimum Gasteiger partial charge on any atom is -0.452 e. The number of ether oxygens (including phenoxy) is 1. The van der Waals surface area contributed by atoms with Crippen LogP contribution < -0.4 is 10.6 Å². The zero-order valence-electron chi connectivity index (χ0n) is 15.9. The fourth-order valence-electron chi connectivity index (χ4n) is 2.53. The second-order valence-electron chi connectivity index (χ2n) is 6.29. The van der Waals surface area contributed by atoms with Gasteiger partial charge in [0.15, 0.2) is 11.7 Å². The lowest BCUT2D eigenvalue weighted by Crippen LogP contribution is -2.22. The second-order valence-corrected chi connectivity index (χ2v) is 7.15. The molecule has 0 fully saturated rings. The van der Waals surface area contributed by atoms with Gasteiger partial charge in [-0.3, -0.25) is 14.9 Å². The van der Waals surface area contributed by atoms with Crippen LogP contribution in [0.4, 0.5) is 10.8 Å². The number of hydrogen-bond donors (Lipinski definition) is 2. The third-order valence-corrected chi connectivity index (χ3v) is 4.75. The summed E-state index contributed by atoms with van der Waals surface area (Å²) in [6.45, 7) is 3.24. The number of nitrogens with zero attached hydrogens (tertiary/aromatic N) is 1. The van der Waals surface area contributed by atoms with Crippen molar-refractivity contribution in [3.05, 3.63) is 76.3 Å². The number of amides is 2. The van der Waals surface area contributed by atoms with Gasteiger partial charge in [0.05, 0.1) is 16.9 Å². The van der Waals surface area contributed by atoms with E-state index in [0.717, 1.165) is 11.3 Å².